The summed E-state index contributed by atoms with van der Waals surface area (Å²) in [4.78, 5) is 35.3. The van der Waals surface area contributed by atoms with Crippen LogP contribution in [0, 0.1) is 5.92 Å². The Labute approximate surface area is 124 Å². The van der Waals surface area contributed by atoms with Crippen LogP contribution in [-0.4, -0.2) is 35.7 Å². The van der Waals surface area contributed by atoms with Gasteiger partial charge in [-0.1, -0.05) is 12.8 Å². The number of rotatable bonds is 2. The lowest BCUT2D eigenvalue weighted by molar-refractivity contribution is -0.127. The molecule has 0 radical (unpaired) electrons. The number of nitrogens with one attached hydrogen (secondary N) is 3. The number of carbonyl (C=O) groups excluding carboxylic acids is 3. The van der Waals surface area contributed by atoms with Crippen molar-refractivity contribution in [3.63, 3.8) is 0 Å². The lowest BCUT2D eigenvalue weighted by atomic mass is 9.72. The molecule has 0 bridgehead atoms. The minimum absolute atomic E-state index is 0.120. The van der Waals surface area contributed by atoms with Crippen LogP contribution < -0.4 is 16.0 Å². The zero-order valence-corrected chi connectivity index (χ0v) is 12.7. The van der Waals surface area contributed by atoms with E-state index in [0.717, 1.165) is 19.3 Å². The molecule has 1 aliphatic heterocycles. The van der Waals surface area contributed by atoms with Gasteiger partial charge >= 0.3 is 12.1 Å². The zero-order valence-electron chi connectivity index (χ0n) is 12.7. The van der Waals surface area contributed by atoms with Crippen molar-refractivity contribution in [2.45, 2.75) is 57.6 Å². The van der Waals surface area contributed by atoms with Gasteiger partial charge in [0.15, 0.2) is 0 Å². The molecule has 0 aromatic carbocycles. The lowest BCUT2D eigenvalue weighted by Gasteiger charge is -2.38. The molecule has 7 nitrogen and oxygen atoms in total. The summed E-state index contributed by atoms with van der Waals surface area (Å²) >= 11 is 0. The lowest BCUT2D eigenvalue weighted by Crippen LogP contribution is -2.57. The van der Waals surface area contributed by atoms with Crippen molar-refractivity contribution >= 4 is 18.0 Å². The van der Waals surface area contributed by atoms with Crippen LogP contribution in [-0.2, 0) is 9.53 Å². The zero-order chi connectivity index (χ0) is 15.7. The Hall–Kier alpha value is -1.79. The molecule has 2 rings (SSSR count). The third-order valence-corrected chi connectivity index (χ3v) is 3.93. The van der Waals surface area contributed by atoms with Gasteiger partial charge in [-0.25, -0.2) is 9.59 Å². The van der Waals surface area contributed by atoms with Crippen molar-refractivity contribution < 1.29 is 19.1 Å². The Balaban J connectivity index is 1.99. The molecule has 1 spiro atoms. The third kappa shape index (κ3) is 3.46. The molecule has 7 heteroatoms. The predicted octanol–water partition coefficient (Wildman–Crippen LogP) is 1.28. The van der Waals surface area contributed by atoms with E-state index in [9.17, 15) is 14.4 Å². The minimum atomic E-state index is -0.885. The van der Waals surface area contributed by atoms with Gasteiger partial charge in [0, 0.05) is 12.5 Å². The number of amides is 4. The molecular weight excluding hydrogens is 274 g/mol. The van der Waals surface area contributed by atoms with Gasteiger partial charge in [0.2, 0.25) is 0 Å². The summed E-state index contributed by atoms with van der Waals surface area (Å²) in [6, 6.07) is -0.454. The maximum Gasteiger partial charge on any atom is 0.407 e. The highest BCUT2D eigenvalue weighted by molar-refractivity contribution is 6.07. The van der Waals surface area contributed by atoms with Crippen LogP contribution in [0.15, 0.2) is 0 Å². The SMILES string of the molecule is CC(C)(C)OC(=O)NC[C@H]1CCCC[C@]12NC(=O)NC2=O. The van der Waals surface area contributed by atoms with Crippen LogP contribution >= 0.6 is 0 Å². The average molecular weight is 297 g/mol. The molecule has 0 aromatic rings. The number of hydrogen-bond donors (Lipinski definition) is 3. The molecule has 1 saturated carbocycles. The standard InChI is InChI=1S/C14H23N3O4/c1-13(2,3)21-12(20)15-8-9-6-4-5-7-14(9)10(18)16-11(19)17-14/h9H,4-8H2,1-3H3,(H,15,20)(H2,16,17,18,19)/t9-,14+/m1/s1. The second-order valence-electron chi connectivity index (χ2n) is 6.71. The van der Waals surface area contributed by atoms with Gasteiger partial charge in [0.25, 0.3) is 5.91 Å². The molecule has 4 amide bonds. The Morgan fingerprint density at radius 3 is 2.67 bits per heavy atom. The fourth-order valence-corrected chi connectivity index (χ4v) is 3.01. The van der Waals surface area contributed by atoms with Gasteiger partial charge in [0.1, 0.15) is 11.1 Å². The molecular formula is C14H23N3O4. The first kappa shape index (κ1) is 15.6. The number of carbonyl (C=O) groups is 3. The fourth-order valence-electron chi connectivity index (χ4n) is 3.01. The highest BCUT2D eigenvalue weighted by atomic mass is 16.6. The maximum atomic E-state index is 12.1. The summed E-state index contributed by atoms with van der Waals surface area (Å²) in [5.74, 6) is -0.409. The molecule has 0 aromatic heterocycles. The van der Waals surface area contributed by atoms with E-state index in [0.29, 0.717) is 13.0 Å². The number of urea groups is 1. The van der Waals surface area contributed by atoms with Crippen LogP contribution in [0.3, 0.4) is 0 Å². The molecule has 2 aliphatic rings. The second-order valence-corrected chi connectivity index (χ2v) is 6.71. The molecule has 2 fully saturated rings. The van der Waals surface area contributed by atoms with E-state index in [1.54, 1.807) is 20.8 Å². The molecule has 1 aliphatic carbocycles. The van der Waals surface area contributed by atoms with Crippen molar-refractivity contribution in [1.29, 1.82) is 0 Å². The summed E-state index contributed by atoms with van der Waals surface area (Å²) in [7, 11) is 0. The van der Waals surface area contributed by atoms with Crippen LogP contribution in [0.25, 0.3) is 0 Å². The number of hydrogen-bond acceptors (Lipinski definition) is 4. The van der Waals surface area contributed by atoms with E-state index in [-0.39, 0.29) is 11.8 Å². The van der Waals surface area contributed by atoms with Gasteiger partial charge in [-0.2, -0.15) is 0 Å². The Kier molecular flexibility index (Phi) is 4.11. The largest absolute Gasteiger partial charge is 0.444 e. The Morgan fingerprint density at radius 1 is 1.38 bits per heavy atom. The summed E-state index contributed by atoms with van der Waals surface area (Å²) in [5, 5.41) is 7.75. The molecule has 0 unspecified atom stereocenters. The van der Waals surface area contributed by atoms with Crippen molar-refractivity contribution in [1.82, 2.24) is 16.0 Å². The molecule has 118 valence electrons. The number of alkyl carbamates (subject to hydrolysis) is 1. The van der Waals surface area contributed by atoms with E-state index >= 15 is 0 Å². The van der Waals surface area contributed by atoms with E-state index in [1.807, 2.05) is 0 Å². The van der Waals surface area contributed by atoms with Gasteiger partial charge in [-0.3, -0.25) is 10.1 Å². The average Bonchev–Trinajstić information content (AvgIpc) is 2.61. The van der Waals surface area contributed by atoms with Crippen molar-refractivity contribution in [3.05, 3.63) is 0 Å². The Morgan fingerprint density at radius 2 is 2.10 bits per heavy atom. The summed E-state index contributed by atoms with van der Waals surface area (Å²) < 4.78 is 5.19. The highest BCUT2D eigenvalue weighted by Crippen LogP contribution is 2.35. The van der Waals surface area contributed by atoms with Crippen molar-refractivity contribution in [2.24, 2.45) is 5.92 Å². The molecule has 2 atom stereocenters. The van der Waals surface area contributed by atoms with Crippen LogP contribution in [0.2, 0.25) is 0 Å². The monoisotopic (exact) mass is 297 g/mol. The summed E-state index contributed by atoms with van der Waals surface area (Å²) in [6.07, 6.45) is 2.74. The van der Waals surface area contributed by atoms with Gasteiger partial charge < -0.3 is 15.4 Å². The maximum absolute atomic E-state index is 12.1. The molecule has 21 heavy (non-hydrogen) atoms. The van der Waals surface area contributed by atoms with Crippen LogP contribution in [0.4, 0.5) is 9.59 Å². The fraction of sp³-hybridized carbons (Fsp3) is 0.786. The summed E-state index contributed by atoms with van der Waals surface area (Å²) in [6.45, 7) is 5.68. The van der Waals surface area contributed by atoms with Crippen molar-refractivity contribution in [2.75, 3.05) is 6.54 Å². The van der Waals surface area contributed by atoms with E-state index in [2.05, 4.69) is 16.0 Å². The first-order valence-corrected chi connectivity index (χ1v) is 7.33. The van der Waals surface area contributed by atoms with Gasteiger partial charge in [-0.05, 0) is 33.6 Å². The minimum Gasteiger partial charge on any atom is -0.444 e. The van der Waals surface area contributed by atoms with Crippen molar-refractivity contribution in [3.8, 4) is 0 Å². The number of ether oxygens (including phenoxy) is 1. The van der Waals surface area contributed by atoms with E-state index in [4.69, 9.17) is 4.74 Å². The van der Waals surface area contributed by atoms with Gasteiger partial charge in [0.05, 0.1) is 0 Å². The van der Waals surface area contributed by atoms with E-state index in [1.165, 1.54) is 0 Å². The quantitative estimate of drug-likeness (QED) is 0.669. The van der Waals surface area contributed by atoms with Crippen LogP contribution in [0.5, 0.6) is 0 Å². The molecule has 1 saturated heterocycles. The summed E-state index contributed by atoms with van der Waals surface area (Å²) in [5.41, 5.74) is -1.45. The Bertz CT molecular complexity index is 458. The molecule has 3 N–H and O–H groups in total. The first-order chi connectivity index (χ1) is 9.73. The first-order valence-electron chi connectivity index (χ1n) is 7.33. The second kappa shape index (κ2) is 5.54. The topological polar surface area (TPSA) is 96.5 Å². The number of imide groups is 1. The third-order valence-electron chi connectivity index (χ3n) is 3.93. The van der Waals surface area contributed by atoms with Crippen LogP contribution in [0.1, 0.15) is 46.5 Å². The smallest absolute Gasteiger partial charge is 0.407 e. The van der Waals surface area contributed by atoms with E-state index < -0.39 is 23.3 Å². The molecule has 1 heterocycles. The predicted molar refractivity (Wildman–Crippen MR) is 75.6 cm³/mol. The van der Waals surface area contributed by atoms with Gasteiger partial charge in [-0.15, -0.1) is 0 Å². The highest BCUT2D eigenvalue weighted by Gasteiger charge is 2.52. The normalized spacial score (nSPS) is 29.0.